The summed E-state index contributed by atoms with van der Waals surface area (Å²) in [5.41, 5.74) is -2.74. The molecule has 0 rings (SSSR count). The van der Waals surface area contributed by atoms with Gasteiger partial charge in [0.05, 0.1) is 12.8 Å². The van der Waals surface area contributed by atoms with Crippen molar-refractivity contribution in [2.24, 2.45) is 0 Å². The number of hydrogen-bond acceptors (Lipinski definition) is 4. The van der Waals surface area contributed by atoms with Gasteiger partial charge >= 0.3 is 76.1 Å². The molecule has 0 saturated carbocycles. The Balaban J connectivity index is 0. The molecule has 0 saturated heterocycles. The van der Waals surface area contributed by atoms with Crippen molar-refractivity contribution in [3.8, 4) is 0 Å². The van der Waals surface area contributed by atoms with Gasteiger partial charge in [-0.3, -0.25) is 9.59 Å². The summed E-state index contributed by atoms with van der Waals surface area (Å²) in [5, 5.41) is 33.8. The summed E-state index contributed by atoms with van der Waals surface area (Å²) in [6, 6.07) is 0. The molecular weight excluding hydrogens is 270 g/mol. The normalized spacial score (nSPS) is 10.1. The van der Waals surface area contributed by atoms with E-state index in [4.69, 9.17) is 20.4 Å². The first kappa shape index (κ1) is 16.6. The maximum absolute atomic E-state index is 10.3. The van der Waals surface area contributed by atoms with Gasteiger partial charge in [-0.05, 0) is 0 Å². The van der Waals surface area contributed by atoms with Crippen LogP contribution in [0.2, 0.25) is 0 Å². The van der Waals surface area contributed by atoms with E-state index in [1.165, 1.54) is 0 Å². The molecular formula is C6H9O7Rb. The maximum atomic E-state index is 10.3. The zero-order chi connectivity index (χ0) is 10.6. The van der Waals surface area contributed by atoms with Gasteiger partial charge in [0.1, 0.15) is 0 Å². The molecule has 0 aliphatic carbocycles. The first-order chi connectivity index (χ1) is 5.78. The standard InChI is InChI=1S/C6H8O7.Rb.H/c7-3(8)1-6(13,5(11)12)2-4(9)10;;/h13H,1-2H2,(H,7,8)(H,9,10)(H,11,12);;. The molecule has 0 heterocycles. The Hall–Kier alpha value is 0.175. The molecule has 0 radical (unpaired) electrons. The third-order valence-corrected chi connectivity index (χ3v) is 1.29. The van der Waals surface area contributed by atoms with E-state index in [1.54, 1.807) is 0 Å². The van der Waals surface area contributed by atoms with Gasteiger partial charge in [0.2, 0.25) is 0 Å². The molecule has 0 fully saturated rings. The minimum absolute atomic E-state index is 0. The second-order valence-electron chi connectivity index (χ2n) is 2.48. The van der Waals surface area contributed by atoms with Crippen LogP contribution in [0.4, 0.5) is 0 Å². The average molecular weight is 279 g/mol. The van der Waals surface area contributed by atoms with Gasteiger partial charge in [-0.2, -0.15) is 0 Å². The minimum atomic E-state index is -2.74. The van der Waals surface area contributed by atoms with Crippen LogP contribution in [-0.2, 0) is 14.4 Å². The Bertz CT molecular complexity index is 233. The average Bonchev–Trinajstić information content (AvgIpc) is 1.82. The van der Waals surface area contributed by atoms with E-state index in [9.17, 15) is 14.4 Å². The summed E-state index contributed by atoms with van der Waals surface area (Å²) >= 11 is 0. The Morgan fingerprint density at radius 2 is 1.21 bits per heavy atom. The number of rotatable bonds is 5. The first-order valence-corrected chi connectivity index (χ1v) is 3.17. The molecule has 4 N–H and O–H groups in total. The molecule has 0 amide bonds. The van der Waals surface area contributed by atoms with Crippen LogP contribution in [0.3, 0.4) is 0 Å². The van der Waals surface area contributed by atoms with Crippen LogP contribution in [0.5, 0.6) is 0 Å². The predicted octanol–water partition coefficient (Wildman–Crippen LogP) is -1.90. The second kappa shape index (κ2) is 6.62. The fourth-order valence-corrected chi connectivity index (χ4v) is 0.714. The Morgan fingerprint density at radius 3 is 1.36 bits per heavy atom. The Labute approximate surface area is 128 Å². The van der Waals surface area contributed by atoms with E-state index >= 15 is 0 Å². The number of carboxylic acid groups (broad SMARTS) is 3. The third kappa shape index (κ3) is 5.81. The van der Waals surface area contributed by atoms with Crippen LogP contribution in [0.25, 0.3) is 0 Å². The number of carbonyl (C=O) groups is 3. The van der Waals surface area contributed by atoms with E-state index in [2.05, 4.69) is 0 Å². The van der Waals surface area contributed by atoms with Crippen molar-refractivity contribution in [1.82, 2.24) is 0 Å². The quantitative estimate of drug-likeness (QED) is 0.462. The van der Waals surface area contributed by atoms with Gasteiger partial charge in [-0.15, -0.1) is 0 Å². The zero-order valence-electron chi connectivity index (χ0n) is 6.43. The zero-order valence-corrected chi connectivity index (χ0v) is 6.43. The Kier molecular flexibility index (Phi) is 7.85. The fourth-order valence-electron chi connectivity index (χ4n) is 0.714. The van der Waals surface area contributed by atoms with E-state index < -0.39 is 36.4 Å². The van der Waals surface area contributed by atoms with E-state index in [0.717, 1.165) is 0 Å². The summed E-state index contributed by atoms with van der Waals surface area (Å²) in [4.78, 5) is 30.5. The number of aliphatic hydroxyl groups is 1. The van der Waals surface area contributed by atoms with Crippen molar-refractivity contribution in [2.75, 3.05) is 0 Å². The van der Waals surface area contributed by atoms with Crippen molar-refractivity contribution in [2.45, 2.75) is 18.4 Å². The van der Waals surface area contributed by atoms with Gasteiger partial charge in [0, 0.05) is 0 Å². The van der Waals surface area contributed by atoms with E-state index in [-0.39, 0.29) is 58.2 Å². The van der Waals surface area contributed by atoms with Gasteiger partial charge in [-0.25, -0.2) is 4.79 Å². The topological polar surface area (TPSA) is 132 Å². The fraction of sp³-hybridized carbons (Fsp3) is 0.500. The molecule has 0 aromatic carbocycles. The summed E-state index contributed by atoms with van der Waals surface area (Å²) in [6.45, 7) is 0. The number of carboxylic acids is 3. The molecule has 7 nitrogen and oxygen atoms in total. The summed E-state index contributed by atoms with van der Waals surface area (Å²) in [6.07, 6.45) is -2.29. The first-order valence-electron chi connectivity index (χ1n) is 3.17. The SMILES string of the molecule is O=C(O)CC(O)(CC(=O)O)C(=O)O.[RbH]. The molecule has 8 heteroatoms. The van der Waals surface area contributed by atoms with Crippen LogP contribution in [0.1, 0.15) is 12.8 Å². The molecule has 0 aromatic heterocycles. The van der Waals surface area contributed by atoms with Crippen LogP contribution in [0.15, 0.2) is 0 Å². The van der Waals surface area contributed by atoms with E-state index in [1.807, 2.05) is 0 Å². The van der Waals surface area contributed by atoms with Crippen molar-refractivity contribution >= 4 is 76.1 Å². The molecule has 0 unspecified atom stereocenters. The second-order valence-corrected chi connectivity index (χ2v) is 2.48. The van der Waals surface area contributed by atoms with E-state index in [0.29, 0.717) is 0 Å². The Morgan fingerprint density at radius 1 is 0.929 bits per heavy atom. The van der Waals surface area contributed by atoms with Gasteiger partial charge in [0.25, 0.3) is 0 Å². The van der Waals surface area contributed by atoms with Crippen molar-refractivity contribution < 1.29 is 34.8 Å². The third-order valence-electron chi connectivity index (χ3n) is 1.29. The van der Waals surface area contributed by atoms with Crippen LogP contribution in [0, 0.1) is 0 Å². The molecule has 14 heavy (non-hydrogen) atoms. The monoisotopic (exact) mass is 278 g/mol. The van der Waals surface area contributed by atoms with Gasteiger partial charge in [-0.1, -0.05) is 0 Å². The summed E-state index contributed by atoms with van der Waals surface area (Å²) < 4.78 is 0. The molecule has 76 valence electrons. The van der Waals surface area contributed by atoms with Crippen LogP contribution >= 0.6 is 0 Å². The molecule has 0 atom stereocenters. The summed E-state index contributed by atoms with van der Waals surface area (Å²) in [7, 11) is 0. The predicted molar refractivity (Wildman–Crippen MR) is 44.2 cm³/mol. The molecule has 0 bridgehead atoms. The number of aliphatic carboxylic acids is 3. The molecule has 0 spiro atoms. The van der Waals surface area contributed by atoms with Crippen molar-refractivity contribution in [3.05, 3.63) is 0 Å². The van der Waals surface area contributed by atoms with Gasteiger partial charge in [0.15, 0.2) is 5.60 Å². The van der Waals surface area contributed by atoms with Crippen molar-refractivity contribution in [3.63, 3.8) is 0 Å². The number of hydrogen-bond donors (Lipinski definition) is 4. The molecule has 0 aromatic rings. The van der Waals surface area contributed by atoms with Crippen molar-refractivity contribution in [1.29, 1.82) is 0 Å². The molecule has 0 aliphatic heterocycles. The van der Waals surface area contributed by atoms with Crippen LogP contribution in [-0.4, -0.2) is 102 Å². The van der Waals surface area contributed by atoms with Crippen LogP contribution < -0.4 is 0 Å². The van der Waals surface area contributed by atoms with Gasteiger partial charge < -0.3 is 20.4 Å². The molecule has 0 aliphatic rings. The summed E-state index contributed by atoms with van der Waals surface area (Å²) in [5.74, 6) is -5.02.